The van der Waals surface area contributed by atoms with Crippen LogP contribution in [0.25, 0.3) is 32.8 Å². The molecule has 8 heteroatoms. The summed E-state index contributed by atoms with van der Waals surface area (Å²) in [6, 6.07) is 13.6. The van der Waals surface area contributed by atoms with Crippen LogP contribution >= 0.6 is 11.6 Å². The minimum Gasteiger partial charge on any atom is -0.508 e. The van der Waals surface area contributed by atoms with Crippen molar-refractivity contribution < 1.29 is 9.50 Å². The third kappa shape index (κ3) is 3.33. The Morgan fingerprint density at radius 2 is 1.74 bits per heavy atom. The van der Waals surface area contributed by atoms with Gasteiger partial charge in [0.1, 0.15) is 22.9 Å². The average Bonchev–Trinajstić information content (AvgIpc) is 3.19. The molecule has 0 radical (unpaired) electrons. The summed E-state index contributed by atoms with van der Waals surface area (Å²) in [5, 5.41) is 16.8. The van der Waals surface area contributed by atoms with E-state index >= 15 is 4.39 Å². The maximum Gasteiger partial charge on any atom is 0.158 e. The van der Waals surface area contributed by atoms with Gasteiger partial charge in [0.2, 0.25) is 0 Å². The smallest absolute Gasteiger partial charge is 0.158 e. The first-order valence-electron chi connectivity index (χ1n) is 13.9. The summed E-state index contributed by atoms with van der Waals surface area (Å²) < 4.78 is 16.8. The lowest BCUT2D eigenvalue weighted by atomic mass is 9.38. The van der Waals surface area contributed by atoms with Gasteiger partial charge in [-0.05, 0) is 80.7 Å². The maximum absolute atomic E-state index is 16.8. The Morgan fingerprint density at radius 3 is 2.46 bits per heavy atom. The lowest BCUT2D eigenvalue weighted by Crippen LogP contribution is -2.75. The highest BCUT2D eigenvalue weighted by molar-refractivity contribution is 6.35. The highest BCUT2D eigenvalue weighted by Crippen LogP contribution is 2.69. The number of hydrogen-bond acceptors (Lipinski definition) is 6. The van der Waals surface area contributed by atoms with Crippen LogP contribution in [-0.2, 0) is 5.41 Å². The van der Waals surface area contributed by atoms with E-state index in [0.29, 0.717) is 33.6 Å². The zero-order valence-corrected chi connectivity index (χ0v) is 22.9. The molecule has 9 rings (SSSR count). The molecular formula is C31H31ClFN5O. The largest absolute Gasteiger partial charge is 0.508 e. The topological polar surface area (TPSA) is 64.5 Å². The number of aromatic nitrogens is 2. The van der Waals surface area contributed by atoms with Crippen LogP contribution in [0.3, 0.4) is 0 Å². The van der Waals surface area contributed by atoms with Crippen LogP contribution < -0.4 is 10.2 Å². The van der Waals surface area contributed by atoms with E-state index in [0.717, 1.165) is 67.6 Å². The first-order valence-corrected chi connectivity index (χ1v) is 14.2. The second-order valence-corrected chi connectivity index (χ2v) is 12.9. The third-order valence-electron chi connectivity index (χ3n) is 9.92. The van der Waals surface area contributed by atoms with E-state index in [2.05, 4.69) is 29.2 Å². The minimum atomic E-state index is -0.454. The molecule has 3 aliphatic carbocycles. The molecule has 2 saturated heterocycles. The molecule has 200 valence electrons. The van der Waals surface area contributed by atoms with Gasteiger partial charge in [0.05, 0.1) is 5.02 Å². The van der Waals surface area contributed by atoms with Crippen molar-refractivity contribution >= 4 is 39.1 Å². The number of hydrogen-bond donors (Lipinski definition) is 2. The van der Waals surface area contributed by atoms with Crippen LogP contribution in [0, 0.1) is 5.82 Å². The summed E-state index contributed by atoms with van der Waals surface area (Å²) in [5.74, 6) is 1.17. The van der Waals surface area contributed by atoms with Crippen LogP contribution in [0.2, 0.25) is 5.02 Å². The van der Waals surface area contributed by atoms with Gasteiger partial charge in [-0.1, -0.05) is 35.9 Å². The Hall–Kier alpha value is -3.00. The molecule has 3 saturated carbocycles. The number of fused-ring (bicyclic) bond motifs is 4. The van der Waals surface area contributed by atoms with Crippen molar-refractivity contribution in [1.29, 1.82) is 0 Å². The van der Waals surface area contributed by atoms with E-state index in [1.807, 2.05) is 30.3 Å². The molecule has 4 aromatic rings. The van der Waals surface area contributed by atoms with Crippen LogP contribution in [0.4, 0.5) is 10.2 Å². The summed E-state index contributed by atoms with van der Waals surface area (Å²) in [5.41, 5.74) is 1.28. The first-order chi connectivity index (χ1) is 18.8. The molecule has 0 unspecified atom stereocenters. The predicted molar refractivity (Wildman–Crippen MR) is 153 cm³/mol. The second-order valence-electron chi connectivity index (χ2n) is 12.5. The third-order valence-corrected chi connectivity index (χ3v) is 10.2. The monoisotopic (exact) mass is 543 g/mol. The first kappa shape index (κ1) is 23.9. The summed E-state index contributed by atoms with van der Waals surface area (Å²) >= 11 is 6.89. The van der Waals surface area contributed by atoms with Gasteiger partial charge in [0, 0.05) is 47.1 Å². The lowest BCUT2D eigenvalue weighted by molar-refractivity contribution is -0.155. The zero-order valence-electron chi connectivity index (χ0n) is 22.1. The van der Waals surface area contributed by atoms with E-state index in [9.17, 15) is 5.11 Å². The van der Waals surface area contributed by atoms with Crippen LogP contribution in [0.5, 0.6) is 5.75 Å². The van der Waals surface area contributed by atoms with E-state index in [1.54, 1.807) is 12.1 Å². The van der Waals surface area contributed by atoms with E-state index in [4.69, 9.17) is 21.6 Å². The summed E-state index contributed by atoms with van der Waals surface area (Å²) in [6.07, 6.45) is 5.31. The molecule has 0 amide bonds. The molecule has 5 aliphatic rings. The number of nitrogens with one attached hydrogen (secondary N) is 1. The Kier molecular flexibility index (Phi) is 4.91. The molecule has 5 fully saturated rings. The molecule has 6 nitrogen and oxygen atoms in total. The molecule has 2 atom stereocenters. The molecule has 4 bridgehead atoms. The van der Waals surface area contributed by atoms with E-state index in [-0.39, 0.29) is 22.3 Å². The standard InChI is InChI=1S/C31H31ClFN5O/c1-37(2)31-14-30(15-31,16-31)29-35-27-23(28(36-29)38-12-18-7-8-19(13-38)34-18)11-24(32)25(26(27)33)22-10-20(39)9-17-5-3-4-6-21(17)22/h3-6,9-11,18-19,34,39H,7-8,12-16H2,1-2H3/t18-,19+,30?,31?. The summed E-state index contributed by atoms with van der Waals surface area (Å²) in [6.45, 7) is 1.68. The zero-order chi connectivity index (χ0) is 26.7. The minimum absolute atomic E-state index is 0.0717. The van der Waals surface area contributed by atoms with Gasteiger partial charge in [0.25, 0.3) is 0 Å². The molecule has 3 aromatic carbocycles. The molecule has 0 spiro atoms. The fourth-order valence-corrected chi connectivity index (χ4v) is 8.12. The van der Waals surface area contributed by atoms with Crippen molar-refractivity contribution in [2.45, 2.75) is 55.1 Å². The van der Waals surface area contributed by atoms with Gasteiger partial charge in [-0.15, -0.1) is 0 Å². The summed E-state index contributed by atoms with van der Waals surface area (Å²) in [7, 11) is 4.28. The number of piperazine rings is 1. The van der Waals surface area contributed by atoms with Crippen molar-refractivity contribution in [3.05, 3.63) is 59.1 Å². The Bertz CT molecular complexity index is 1660. The molecule has 3 heterocycles. The van der Waals surface area contributed by atoms with Crippen molar-refractivity contribution in [3.63, 3.8) is 0 Å². The molecule has 39 heavy (non-hydrogen) atoms. The molecular weight excluding hydrogens is 513 g/mol. The van der Waals surface area contributed by atoms with Crippen molar-refractivity contribution in [3.8, 4) is 16.9 Å². The normalized spacial score (nSPS) is 29.2. The Morgan fingerprint density at radius 1 is 1.03 bits per heavy atom. The van der Waals surface area contributed by atoms with Gasteiger partial charge >= 0.3 is 0 Å². The van der Waals surface area contributed by atoms with E-state index in [1.165, 1.54) is 0 Å². The highest BCUT2D eigenvalue weighted by atomic mass is 35.5. The fourth-order valence-electron chi connectivity index (χ4n) is 7.82. The van der Waals surface area contributed by atoms with Crippen molar-refractivity contribution in [2.24, 2.45) is 0 Å². The van der Waals surface area contributed by atoms with Gasteiger partial charge < -0.3 is 20.2 Å². The predicted octanol–water partition coefficient (Wildman–Crippen LogP) is 5.62. The SMILES string of the molecule is CN(C)C12CC(c3nc(N4C[C@H]5CC[C@@H](C4)N5)c4cc(Cl)c(-c5cc(O)cc6ccccc56)c(F)c4n3)(C1)C2. The maximum atomic E-state index is 16.8. The Balaban J connectivity index is 1.35. The number of phenolic OH excluding ortho intramolecular Hbond substituents is 1. The van der Waals surface area contributed by atoms with Crippen LogP contribution in [-0.4, -0.2) is 64.8 Å². The van der Waals surface area contributed by atoms with Gasteiger partial charge in [-0.3, -0.25) is 0 Å². The number of benzene rings is 3. The molecule has 2 N–H and O–H groups in total. The van der Waals surface area contributed by atoms with Crippen molar-refractivity contribution in [1.82, 2.24) is 20.2 Å². The van der Waals surface area contributed by atoms with Crippen LogP contribution in [0.1, 0.15) is 37.9 Å². The van der Waals surface area contributed by atoms with Gasteiger partial charge in [-0.2, -0.15) is 0 Å². The number of nitrogens with zero attached hydrogens (tertiary/aromatic N) is 4. The van der Waals surface area contributed by atoms with Crippen molar-refractivity contribution in [2.75, 3.05) is 32.1 Å². The Labute approximate surface area is 231 Å². The number of anilines is 1. The summed E-state index contributed by atoms with van der Waals surface area (Å²) in [4.78, 5) is 14.8. The number of halogens is 2. The van der Waals surface area contributed by atoms with Crippen LogP contribution in [0.15, 0.2) is 42.5 Å². The fraction of sp³-hybridized carbons (Fsp3) is 0.419. The number of rotatable bonds is 4. The molecule has 1 aromatic heterocycles. The number of phenols is 1. The molecule has 2 aliphatic heterocycles. The quantitative estimate of drug-likeness (QED) is 0.348. The number of aromatic hydroxyl groups is 1. The second kappa shape index (κ2) is 8.03. The van der Waals surface area contributed by atoms with E-state index < -0.39 is 5.82 Å². The highest BCUT2D eigenvalue weighted by Gasteiger charge is 2.71. The van der Waals surface area contributed by atoms with Gasteiger partial charge in [0.15, 0.2) is 5.82 Å². The average molecular weight is 544 g/mol. The lowest BCUT2D eigenvalue weighted by Gasteiger charge is -2.72. The van der Waals surface area contributed by atoms with Gasteiger partial charge in [-0.25, -0.2) is 14.4 Å².